The van der Waals surface area contributed by atoms with Gasteiger partial charge in [0.2, 0.25) is 0 Å². The van der Waals surface area contributed by atoms with Crippen LogP contribution in [0.5, 0.6) is 0 Å². The van der Waals surface area contributed by atoms with E-state index in [0.717, 1.165) is 0 Å². The van der Waals surface area contributed by atoms with E-state index >= 15 is 0 Å². The quantitative estimate of drug-likeness (QED) is 0.146. The maximum atomic E-state index is 2.47. The van der Waals surface area contributed by atoms with Gasteiger partial charge < -0.3 is 0 Å². The molecule has 0 saturated heterocycles. The largest absolute Gasteiger partial charge is 0.0622 e. The molecule has 16 rings (SSSR count). The minimum Gasteiger partial charge on any atom is -0.0622 e. The molecule has 0 unspecified atom stereocenters. The lowest BCUT2D eigenvalue weighted by Gasteiger charge is -2.24. The van der Waals surface area contributed by atoms with Gasteiger partial charge in [-0.3, -0.25) is 0 Å². The molecule has 0 heterocycles. The van der Waals surface area contributed by atoms with E-state index in [0.29, 0.717) is 0 Å². The van der Waals surface area contributed by atoms with Crippen LogP contribution >= 0.6 is 0 Å². The van der Waals surface area contributed by atoms with Crippen molar-refractivity contribution in [3.05, 3.63) is 313 Å². The highest BCUT2D eigenvalue weighted by Gasteiger charge is 2.37. The maximum absolute atomic E-state index is 2.47. The molecule has 2 aliphatic rings. The molecule has 0 amide bonds. The summed E-state index contributed by atoms with van der Waals surface area (Å²) in [5.74, 6) is 0. The first-order valence-corrected chi connectivity index (χ1v) is 28.9. The minimum absolute atomic E-state index is 0.0394. The monoisotopic (exact) mass is 1040 g/mol. The lowest BCUT2D eigenvalue weighted by molar-refractivity contribution is 0.660. The molecule has 0 radical (unpaired) electrons. The van der Waals surface area contributed by atoms with Gasteiger partial charge in [-0.1, -0.05) is 307 Å². The van der Waals surface area contributed by atoms with Gasteiger partial charge in [-0.25, -0.2) is 0 Å². The molecular weight excluding hydrogens is 985 g/mol. The van der Waals surface area contributed by atoms with Crippen molar-refractivity contribution in [2.24, 2.45) is 0 Å². The van der Waals surface area contributed by atoms with E-state index in [1.54, 1.807) is 0 Å². The zero-order chi connectivity index (χ0) is 55.1. The van der Waals surface area contributed by atoms with E-state index in [-0.39, 0.29) is 10.8 Å². The third kappa shape index (κ3) is 7.89. The van der Waals surface area contributed by atoms with Crippen LogP contribution in [0, 0.1) is 0 Å². The van der Waals surface area contributed by atoms with E-state index in [1.165, 1.54) is 154 Å². The molecule has 82 heavy (non-hydrogen) atoms. The summed E-state index contributed by atoms with van der Waals surface area (Å²) < 4.78 is 0. The van der Waals surface area contributed by atoms with Crippen LogP contribution in [0.15, 0.2) is 291 Å². The van der Waals surface area contributed by atoms with E-state index in [1.807, 2.05) is 0 Å². The minimum atomic E-state index is -0.0394. The van der Waals surface area contributed by atoms with Crippen LogP contribution in [0.4, 0.5) is 0 Å². The summed E-state index contributed by atoms with van der Waals surface area (Å²) in [6, 6.07) is 107. The third-order valence-electron chi connectivity index (χ3n) is 18.2. The second kappa shape index (κ2) is 19.4. The average molecular weight is 1050 g/mol. The lowest BCUT2D eigenvalue weighted by atomic mass is 9.79. The lowest BCUT2D eigenvalue weighted by Crippen LogP contribution is -2.15. The fourth-order valence-electron chi connectivity index (χ4n) is 14.1. The topological polar surface area (TPSA) is 0 Å². The number of hydrogen-bond donors (Lipinski definition) is 0. The van der Waals surface area contributed by atoms with Gasteiger partial charge in [-0.15, -0.1) is 0 Å². The maximum Gasteiger partial charge on any atom is 0.0159 e. The average Bonchev–Trinajstić information content (AvgIpc) is 4.08. The Hall–Kier alpha value is -9.88. The molecule has 0 fully saturated rings. The van der Waals surface area contributed by atoms with Crippen LogP contribution in [0.25, 0.3) is 132 Å². The summed E-state index contributed by atoms with van der Waals surface area (Å²) in [6.07, 6.45) is 0. The van der Waals surface area contributed by atoms with Crippen molar-refractivity contribution in [2.75, 3.05) is 0 Å². The predicted octanol–water partition coefficient (Wildman–Crippen LogP) is 22.6. The molecule has 0 N–H and O–H groups in total. The highest BCUT2D eigenvalue weighted by Crippen LogP contribution is 2.54. The second-order valence-corrected chi connectivity index (χ2v) is 23.4. The van der Waals surface area contributed by atoms with Crippen LogP contribution < -0.4 is 0 Å². The summed E-state index contributed by atoms with van der Waals surface area (Å²) >= 11 is 0. The summed E-state index contributed by atoms with van der Waals surface area (Å²) in [5.41, 5.74) is 26.3. The van der Waals surface area contributed by atoms with Gasteiger partial charge in [-0.2, -0.15) is 0 Å². The molecule has 0 atom stereocenters. The highest BCUT2D eigenvalue weighted by molar-refractivity contribution is 6.23. The van der Waals surface area contributed by atoms with Crippen LogP contribution in [0.2, 0.25) is 0 Å². The molecule has 0 saturated carbocycles. The number of fused-ring (bicyclic) bond motifs is 10. The second-order valence-electron chi connectivity index (χ2n) is 23.4. The normalized spacial score (nSPS) is 13.3. The van der Waals surface area contributed by atoms with E-state index < -0.39 is 0 Å². The zero-order valence-electron chi connectivity index (χ0n) is 46.7. The van der Waals surface area contributed by atoms with E-state index in [2.05, 4.69) is 319 Å². The Bertz CT molecular complexity index is 4390. The van der Waals surface area contributed by atoms with Crippen LogP contribution in [-0.4, -0.2) is 0 Å². The molecule has 0 heteroatoms. The Morgan fingerprint density at radius 1 is 0.171 bits per heavy atom. The first kappa shape index (κ1) is 49.2. The van der Waals surface area contributed by atoms with Crippen LogP contribution in [-0.2, 0) is 10.8 Å². The SMILES string of the molecule is CC1(C)c2ccccc2-c2ccc(-c3c4ccccc4c(-c4ccc5c(c4)C(C)(C)c4ccccc4-5)c4ccccc34)cc21.c1ccc(-c2ccc(-c3c4ccccc4c(-c4ccc(-c5ccccc5)cc4)c4ccccc34)cc2)cc1. The summed E-state index contributed by atoms with van der Waals surface area (Å²) in [4.78, 5) is 0. The van der Waals surface area contributed by atoms with Crippen molar-refractivity contribution in [3.63, 3.8) is 0 Å². The molecule has 14 aromatic rings. The van der Waals surface area contributed by atoms with E-state index in [4.69, 9.17) is 0 Å². The van der Waals surface area contributed by atoms with Gasteiger partial charge >= 0.3 is 0 Å². The van der Waals surface area contributed by atoms with Crippen molar-refractivity contribution in [1.29, 1.82) is 0 Å². The molecule has 388 valence electrons. The first-order valence-electron chi connectivity index (χ1n) is 28.9. The molecule has 0 aromatic heterocycles. The van der Waals surface area contributed by atoms with Crippen molar-refractivity contribution in [3.8, 4) is 89.0 Å². The van der Waals surface area contributed by atoms with Crippen LogP contribution in [0.1, 0.15) is 49.9 Å². The zero-order valence-corrected chi connectivity index (χ0v) is 46.7. The van der Waals surface area contributed by atoms with Gasteiger partial charge in [0.1, 0.15) is 0 Å². The summed E-state index contributed by atoms with van der Waals surface area (Å²) in [5, 5.41) is 10.3. The standard InChI is InChI=1S/C44H34.C38H26/c1-43(2)37-19-11-9-13-29(37)31-23-21-27(25-39(31)43)41-33-15-5-7-17-35(33)42(36-18-8-6-16-34(36)41)28-22-24-32-30-14-10-12-20-38(30)44(3,4)40(32)26-28;1-3-11-27(12-4-1)29-19-23-31(24-20-29)37-33-15-7-9-17-35(33)38(36-18-10-8-16-34(36)37)32-25-21-30(22-26-32)28-13-5-2-6-14-28/h5-26H,1-4H3;1-26H. The number of benzene rings is 14. The Morgan fingerprint density at radius 2 is 0.390 bits per heavy atom. The van der Waals surface area contributed by atoms with Gasteiger partial charge in [0.25, 0.3) is 0 Å². The van der Waals surface area contributed by atoms with E-state index in [9.17, 15) is 0 Å². The Balaban J connectivity index is 0.000000142. The number of rotatable bonds is 6. The summed E-state index contributed by atoms with van der Waals surface area (Å²) in [7, 11) is 0. The molecule has 0 bridgehead atoms. The van der Waals surface area contributed by atoms with Crippen molar-refractivity contribution in [1.82, 2.24) is 0 Å². The third-order valence-corrected chi connectivity index (χ3v) is 18.2. The molecule has 0 spiro atoms. The van der Waals surface area contributed by atoms with Crippen molar-refractivity contribution < 1.29 is 0 Å². The fourth-order valence-corrected chi connectivity index (χ4v) is 14.1. The molecule has 0 nitrogen and oxygen atoms in total. The Kier molecular flexibility index (Phi) is 11.7. The Labute approximate surface area is 481 Å². The molecule has 0 aliphatic heterocycles. The smallest absolute Gasteiger partial charge is 0.0159 e. The summed E-state index contributed by atoms with van der Waals surface area (Å²) in [6.45, 7) is 9.48. The van der Waals surface area contributed by atoms with Gasteiger partial charge in [0, 0.05) is 10.8 Å². The highest BCUT2D eigenvalue weighted by atomic mass is 14.4. The molecule has 2 aliphatic carbocycles. The fraction of sp³-hybridized carbons (Fsp3) is 0.0732. The van der Waals surface area contributed by atoms with Crippen molar-refractivity contribution in [2.45, 2.75) is 38.5 Å². The van der Waals surface area contributed by atoms with Crippen molar-refractivity contribution >= 4 is 43.1 Å². The van der Waals surface area contributed by atoms with Gasteiger partial charge in [0.05, 0.1) is 0 Å². The van der Waals surface area contributed by atoms with Crippen LogP contribution in [0.3, 0.4) is 0 Å². The Morgan fingerprint density at radius 3 is 0.707 bits per heavy atom. The first-order chi connectivity index (χ1) is 40.2. The predicted molar refractivity (Wildman–Crippen MR) is 351 cm³/mol. The number of hydrogen-bond acceptors (Lipinski definition) is 0. The van der Waals surface area contributed by atoms with Gasteiger partial charge in [-0.05, 0) is 166 Å². The molecular formula is C82H60. The molecule has 14 aromatic carbocycles. The van der Waals surface area contributed by atoms with Gasteiger partial charge in [0.15, 0.2) is 0 Å².